The van der Waals surface area contributed by atoms with Crippen molar-refractivity contribution in [1.29, 1.82) is 0 Å². The molecule has 1 fully saturated rings. The molecule has 1 atom stereocenters. The zero-order valence-electron chi connectivity index (χ0n) is 17.5. The van der Waals surface area contributed by atoms with Gasteiger partial charge in [-0.25, -0.2) is 4.98 Å². The first-order valence-corrected chi connectivity index (χ1v) is 10.9. The van der Waals surface area contributed by atoms with E-state index in [9.17, 15) is 9.59 Å². The van der Waals surface area contributed by atoms with Gasteiger partial charge >= 0.3 is 0 Å². The Kier molecular flexibility index (Phi) is 8.12. The molecule has 0 saturated carbocycles. The number of amides is 2. The van der Waals surface area contributed by atoms with Crippen molar-refractivity contribution in [2.75, 3.05) is 31.2 Å². The number of morpholine rings is 1. The van der Waals surface area contributed by atoms with Crippen molar-refractivity contribution in [2.45, 2.75) is 26.4 Å². The lowest BCUT2D eigenvalue weighted by atomic mass is 10.0. The first kappa shape index (κ1) is 23.3. The van der Waals surface area contributed by atoms with Gasteiger partial charge in [0.1, 0.15) is 11.9 Å². The Morgan fingerprint density at radius 3 is 2.52 bits per heavy atom. The zero-order valence-corrected chi connectivity index (χ0v) is 19.0. The van der Waals surface area contributed by atoms with Crippen LogP contribution in [0.5, 0.6) is 0 Å². The van der Waals surface area contributed by atoms with Crippen LogP contribution in [0.2, 0.25) is 10.0 Å². The Morgan fingerprint density at radius 2 is 1.90 bits per heavy atom. The highest BCUT2D eigenvalue weighted by Crippen LogP contribution is 2.21. The molecular weight excluding hydrogens is 439 g/mol. The van der Waals surface area contributed by atoms with Gasteiger partial charge in [-0.15, -0.1) is 0 Å². The van der Waals surface area contributed by atoms with Crippen LogP contribution in [0.25, 0.3) is 0 Å². The number of aromatic nitrogens is 1. The predicted octanol–water partition coefficient (Wildman–Crippen LogP) is 3.30. The number of benzene rings is 1. The van der Waals surface area contributed by atoms with Gasteiger partial charge < -0.3 is 20.3 Å². The van der Waals surface area contributed by atoms with Crippen LogP contribution < -0.4 is 15.5 Å². The molecule has 2 aromatic rings. The fourth-order valence-electron chi connectivity index (χ4n) is 3.23. The van der Waals surface area contributed by atoms with Crippen molar-refractivity contribution < 1.29 is 14.3 Å². The quantitative estimate of drug-likeness (QED) is 0.656. The summed E-state index contributed by atoms with van der Waals surface area (Å²) in [6.07, 6.45) is 1.75. The molecule has 2 heterocycles. The molecule has 3 rings (SSSR count). The van der Waals surface area contributed by atoms with E-state index in [1.807, 2.05) is 26.0 Å². The van der Waals surface area contributed by atoms with Gasteiger partial charge in [0.2, 0.25) is 5.91 Å². The van der Waals surface area contributed by atoms with Crippen LogP contribution in [-0.2, 0) is 16.1 Å². The number of anilines is 1. The van der Waals surface area contributed by atoms with Crippen molar-refractivity contribution in [2.24, 2.45) is 5.92 Å². The maximum absolute atomic E-state index is 12.8. The largest absolute Gasteiger partial charge is 0.378 e. The standard InChI is InChI=1S/C22H26Cl2N4O3/c1-14(2)20(27-21(29)17-5-4-16(23)11-18(17)24)22(30)26-13-15-3-6-19(25-12-15)28-7-9-31-10-8-28/h3-6,11-12,14,20H,7-10,13H2,1-2H3,(H,26,30)(H,27,29)/t20-/m0/s1. The van der Waals surface area contributed by atoms with Gasteiger partial charge in [0.25, 0.3) is 5.91 Å². The topological polar surface area (TPSA) is 83.6 Å². The van der Waals surface area contributed by atoms with Crippen LogP contribution in [0.4, 0.5) is 5.82 Å². The SMILES string of the molecule is CC(C)[C@H](NC(=O)c1ccc(Cl)cc1Cl)C(=O)NCc1ccc(N2CCOCC2)nc1. The maximum Gasteiger partial charge on any atom is 0.253 e. The molecule has 1 aromatic heterocycles. The van der Waals surface area contributed by atoms with E-state index in [0.717, 1.165) is 24.5 Å². The summed E-state index contributed by atoms with van der Waals surface area (Å²) < 4.78 is 5.36. The van der Waals surface area contributed by atoms with Gasteiger partial charge in [-0.3, -0.25) is 9.59 Å². The van der Waals surface area contributed by atoms with E-state index in [1.165, 1.54) is 12.1 Å². The van der Waals surface area contributed by atoms with Crippen molar-refractivity contribution >= 4 is 40.8 Å². The molecule has 0 unspecified atom stereocenters. The summed E-state index contributed by atoms with van der Waals surface area (Å²) in [5.74, 6) is 0.0835. The molecule has 1 aromatic carbocycles. The monoisotopic (exact) mass is 464 g/mol. The van der Waals surface area contributed by atoms with E-state index in [1.54, 1.807) is 12.3 Å². The fraction of sp³-hybridized carbons (Fsp3) is 0.409. The van der Waals surface area contributed by atoms with E-state index in [4.69, 9.17) is 27.9 Å². The summed E-state index contributed by atoms with van der Waals surface area (Å²) in [6, 6.07) is 7.79. The molecule has 0 radical (unpaired) electrons. The van der Waals surface area contributed by atoms with Gasteiger partial charge in [-0.1, -0.05) is 43.1 Å². The molecule has 0 spiro atoms. The lowest BCUT2D eigenvalue weighted by Crippen LogP contribution is -2.49. The maximum atomic E-state index is 12.8. The number of hydrogen-bond acceptors (Lipinski definition) is 5. The average molecular weight is 465 g/mol. The summed E-state index contributed by atoms with van der Waals surface area (Å²) in [4.78, 5) is 32.0. The number of nitrogens with one attached hydrogen (secondary N) is 2. The molecular formula is C22H26Cl2N4O3. The van der Waals surface area contributed by atoms with E-state index < -0.39 is 11.9 Å². The molecule has 2 N–H and O–H groups in total. The van der Waals surface area contributed by atoms with Crippen molar-refractivity contribution in [3.63, 3.8) is 0 Å². The Hall–Kier alpha value is -2.35. The second kappa shape index (κ2) is 10.8. The van der Waals surface area contributed by atoms with E-state index in [0.29, 0.717) is 24.8 Å². The van der Waals surface area contributed by atoms with Gasteiger partial charge in [0, 0.05) is 30.9 Å². The van der Waals surface area contributed by atoms with Crippen LogP contribution in [-0.4, -0.2) is 49.1 Å². The number of hydrogen-bond donors (Lipinski definition) is 2. The highest BCUT2D eigenvalue weighted by atomic mass is 35.5. The second-order valence-corrected chi connectivity index (χ2v) is 8.50. The van der Waals surface area contributed by atoms with Crippen LogP contribution >= 0.6 is 23.2 Å². The minimum atomic E-state index is -0.708. The predicted molar refractivity (Wildman–Crippen MR) is 122 cm³/mol. The Bertz CT molecular complexity index is 915. The molecule has 1 aliphatic rings. The number of nitrogens with zero attached hydrogens (tertiary/aromatic N) is 2. The molecule has 2 amide bonds. The number of carbonyl (C=O) groups is 2. The lowest BCUT2D eigenvalue weighted by molar-refractivity contribution is -0.124. The van der Waals surface area contributed by atoms with Gasteiger partial charge in [-0.2, -0.15) is 0 Å². The third-order valence-corrected chi connectivity index (χ3v) is 5.57. The van der Waals surface area contributed by atoms with Crippen molar-refractivity contribution in [1.82, 2.24) is 15.6 Å². The molecule has 0 bridgehead atoms. The normalized spacial score (nSPS) is 14.9. The molecule has 166 valence electrons. The average Bonchev–Trinajstić information content (AvgIpc) is 2.76. The van der Waals surface area contributed by atoms with Crippen molar-refractivity contribution in [3.8, 4) is 0 Å². The van der Waals surface area contributed by atoms with Crippen LogP contribution in [0.1, 0.15) is 29.8 Å². The van der Waals surface area contributed by atoms with Gasteiger partial charge in [-0.05, 0) is 35.7 Å². The number of carbonyl (C=O) groups excluding carboxylic acids is 2. The summed E-state index contributed by atoms with van der Waals surface area (Å²) in [5.41, 5.74) is 1.15. The third-order valence-electron chi connectivity index (χ3n) is 5.02. The van der Waals surface area contributed by atoms with E-state index >= 15 is 0 Å². The molecule has 9 heteroatoms. The van der Waals surface area contributed by atoms with E-state index in [-0.39, 0.29) is 22.4 Å². The Labute approximate surface area is 192 Å². The minimum absolute atomic E-state index is 0.114. The number of halogens is 2. The van der Waals surface area contributed by atoms with Crippen molar-refractivity contribution in [3.05, 3.63) is 57.7 Å². The lowest BCUT2D eigenvalue weighted by Gasteiger charge is -2.27. The summed E-state index contributed by atoms with van der Waals surface area (Å²) in [6.45, 7) is 7.08. The highest BCUT2D eigenvalue weighted by Gasteiger charge is 2.25. The fourth-order valence-corrected chi connectivity index (χ4v) is 3.72. The molecule has 31 heavy (non-hydrogen) atoms. The molecule has 1 saturated heterocycles. The molecule has 0 aliphatic carbocycles. The summed E-state index contributed by atoms with van der Waals surface area (Å²) in [7, 11) is 0. The first-order valence-electron chi connectivity index (χ1n) is 10.2. The molecule has 7 nitrogen and oxygen atoms in total. The van der Waals surface area contributed by atoms with Gasteiger partial charge in [0.05, 0.1) is 23.8 Å². The van der Waals surface area contributed by atoms with Crippen LogP contribution in [0, 0.1) is 5.92 Å². The summed E-state index contributed by atoms with van der Waals surface area (Å²) >= 11 is 12.0. The van der Waals surface area contributed by atoms with E-state index in [2.05, 4.69) is 20.5 Å². The smallest absolute Gasteiger partial charge is 0.253 e. The Morgan fingerprint density at radius 1 is 1.16 bits per heavy atom. The van der Waals surface area contributed by atoms with Gasteiger partial charge in [0.15, 0.2) is 0 Å². The second-order valence-electron chi connectivity index (χ2n) is 7.66. The molecule has 1 aliphatic heterocycles. The number of pyridine rings is 1. The zero-order chi connectivity index (χ0) is 22.4. The highest BCUT2D eigenvalue weighted by molar-refractivity contribution is 6.36. The minimum Gasteiger partial charge on any atom is -0.378 e. The number of rotatable bonds is 7. The third kappa shape index (κ3) is 6.32. The summed E-state index contributed by atoms with van der Waals surface area (Å²) in [5, 5.41) is 6.32. The Balaban J connectivity index is 1.58. The van der Waals surface area contributed by atoms with Crippen LogP contribution in [0.15, 0.2) is 36.5 Å². The first-order chi connectivity index (χ1) is 14.8. The van der Waals surface area contributed by atoms with Crippen LogP contribution in [0.3, 0.4) is 0 Å². The number of ether oxygens (including phenoxy) is 1.